The smallest absolute Gasteiger partial charge is 0.411 e. The summed E-state index contributed by atoms with van der Waals surface area (Å²) in [4.78, 5) is 25.3. The van der Waals surface area contributed by atoms with E-state index in [0.717, 1.165) is 16.1 Å². The molecule has 0 aromatic heterocycles. The summed E-state index contributed by atoms with van der Waals surface area (Å²) < 4.78 is 26.4. The summed E-state index contributed by atoms with van der Waals surface area (Å²) in [6, 6.07) is 18.5. The third-order valence-corrected chi connectivity index (χ3v) is 5.89. The summed E-state index contributed by atoms with van der Waals surface area (Å²) in [5.41, 5.74) is 1.89. The topological polar surface area (TPSA) is 76.1 Å². The predicted molar refractivity (Wildman–Crippen MR) is 123 cm³/mol. The highest BCUT2D eigenvalue weighted by Gasteiger charge is 2.39. The van der Waals surface area contributed by atoms with Crippen LogP contribution in [0.4, 0.5) is 9.18 Å². The van der Waals surface area contributed by atoms with Crippen LogP contribution in [0.25, 0.3) is 0 Å². The standard InChI is InChI=1S/C25H21BrFNO5/c1-15-24(17-5-3-2-4-6-17)33-25(31)28(15)14-18-12-19(26)7-8-22(18)32-21-10-16(11-23(29)30)9-20(27)13-21/h2-10,12-13,15,24H,11,14H2,1H3,(H,29,30)/t15-,24-/m1/s1. The molecule has 170 valence electrons. The van der Waals surface area contributed by atoms with E-state index in [-0.39, 0.29) is 24.8 Å². The number of amides is 1. The Balaban J connectivity index is 1.59. The minimum Gasteiger partial charge on any atom is -0.481 e. The van der Waals surface area contributed by atoms with Crippen molar-refractivity contribution in [3.8, 4) is 11.5 Å². The molecule has 6 nitrogen and oxygen atoms in total. The molecule has 1 aliphatic rings. The summed E-state index contributed by atoms with van der Waals surface area (Å²) in [5.74, 6) is -1.06. The van der Waals surface area contributed by atoms with Gasteiger partial charge in [0.1, 0.15) is 23.4 Å². The van der Waals surface area contributed by atoms with Gasteiger partial charge in [-0.1, -0.05) is 46.3 Å². The molecule has 1 amide bonds. The Labute approximate surface area is 198 Å². The maximum atomic E-state index is 14.0. The first-order valence-electron chi connectivity index (χ1n) is 10.3. The first-order chi connectivity index (χ1) is 15.8. The number of rotatable bonds is 7. The molecule has 1 aliphatic heterocycles. The van der Waals surface area contributed by atoms with Gasteiger partial charge in [-0.25, -0.2) is 9.18 Å². The molecule has 0 saturated carbocycles. The van der Waals surface area contributed by atoms with Gasteiger partial charge in [0.05, 0.1) is 19.0 Å². The van der Waals surface area contributed by atoms with Gasteiger partial charge in [0.15, 0.2) is 0 Å². The van der Waals surface area contributed by atoms with Crippen LogP contribution in [0.5, 0.6) is 11.5 Å². The van der Waals surface area contributed by atoms with Crippen molar-refractivity contribution in [1.29, 1.82) is 0 Å². The lowest BCUT2D eigenvalue weighted by Gasteiger charge is -2.22. The molecule has 1 heterocycles. The van der Waals surface area contributed by atoms with E-state index in [4.69, 9.17) is 14.6 Å². The van der Waals surface area contributed by atoms with Gasteiger partial charge in [-0.15, -0.1) is 0 Å². The summed E-state index contributed by atoms with van der Waals surface area (Å²) in [7, 11) is 0. The molecule has 1 fully saturated rings. The maximum absolute atomic E-state index is 14.0. The molecule has 8 heteroatoms. The SMILES string of the molecule is C[C@@H]1[C@H](c2ccccc2)OC(=O)N1Cc1cc(Br)ccc1Oc1cc(F)cc(CC(=O)O)c1. The number of hydrogen-bond acceptors (Lipinski definition) is 4. The van der Waals surface area contributed by atoms with Crippen molar-refractivity contribution >= 4 is 28.0 Å². The molecule has 0 spiro atoms. The van der Waals surface area contributed by atoms with Crippen LogP contribution in [0.15, 0.2) is 71.2 Å². The van der Waals surface area contributed by atoms with Gasteiger partial charge in [-0.2, -0.15) is 0 Å². The number of hydrogen-bond donors (Lipinski definition) is 1. The highest BCUT2D eigenvalue weighted by atomic mass is 79.9. The first kappa shape index (κ1) is 22.8. The molecular formula is C25H21BrFNO5. The van der Waals surface area contributed by atoms with E-state index < -0.39 is 24.0 Å². The Morgan fingerprint density at radius 1 is 1.15 bits per heavy atom. The van der Waals surface area contributed by atoms with Crippen LogP contribution in [0.2, 0.25) is 0 Å². The Morgan fingerprint density at radius 2 is 1.91 bits per heavy atom. The molecule has 0 bridgehead atoms. The minimum atomic E-state index is -1.06. The zero-order chi connectivity index (χ0) is 23.5. The van der Waals surface area contributed by atoms with Gasteiger partial charge in [-0.3, -0.25) is 9.69 Å². The monoisotopic (exact) mass is 513 g/mol. The van der Waals surface area contributed by atoms with Gasteiger partial charge >= 0.3 is 12.1 Å². The number of cyclic esters (lactones) is 1. The minimum absolute atomic E-state index is 0.175. The Morgan fingerprint density at radius 3 is 2.64 bits per heavy atom. The number of carboxylic acids is 1. The number of carbonyl (C=O) groups excluding carboxylic acids is 1. The summed E-state index contributed by atoms with van der Waals surface area (Å²) in [5, 5.41) is 9.01. The van der Waals surface area contributed by atoms with Crippen LogP contribution in [0.1, 0.15) is 29.7 Å². The van der Waals surface area contributed by atoms with Gasteiger partial charge in [0, 0.05) is 16.1 Å². The van der Waals surface area contributed by atoms with Crippen molar-refractivity contribution in [3.63, 3.8) is 0 Å². The maximum Gasteiger partial charge on any atom is 0.411 e. The zero-order valence-corrected chi connectivity index (χ0v) is 19.3. The fourth-order valence-corrected chi connectivity index (χ4v) is 4.25. The molecule has 4 rings (SSSR count). The summed E-state index contributed by atoms with van der Waals surface area (Å²) in [6.45, 7) is 2.14. The van der Waals surface area contributed by atoms with Crippen molar-refractivity contribution in [1.82, 2.24) is 4.90 Å². The van der Waals surface area contributed by atoms with Crippen molar-refractivity contribution in [2.24, 2.45) is 0 Å². The van der Waals surface area contributed by atoms with Gasteiger partial charge in [0.2, 0.25) is 0 Å². The van der Waals surface area contributed by atoms with Crippen LogP contribution >= 0.6 is 15.9 Å². The normalized spacial score (nSPS) is 17.7. The van der Waals surface area contributed by atoms with Crippen LogP contribution in [0, 0.1) is 5.82 Å². The number of carboxylic acid groups (broad SMARTS) is 1. The Bertz CT molecular complexity index is 1190. The predicted octanol–water partition coefficient (Wildman–Crippen LogP) is 6.09. The molecule has 1 N–H and O–H groups in total. The first-order valence-corrected chi connectivity index (χ1v) is 11.1. The molecule has 1 saturated heterocycles. The number of carbonyl (C=O) groups is 2. The Kier molecular flexibility index (Phi) is 6.65. The van der Waals surface area contributed by atoms with E-state index in [9.17, 15) is 14.0 Å². The lowest BCUT2D eigenvalue weighted by Crippen LogP contribution is -2.31. The van der Waals surface area contributed by atoms with Crippen molar-refractivity contribution in [2.75, 3.05) is 0 Å². The van der Waals surface area contributed by atoms with E-state index in [2.05, 4.69) is 15.9 Å². The molecular weight excluding hydrogens is 493 g/mol. The third kappa shape index (κ3) is 5.34. The number of ether oxygens (including phenoxy) is 2. The second-order valence-electron chi connectivity index (χ2n) is 7.80. The average molecular weight is 514 g/mol. The molecule has 0 unspecified atom stereocenters. The van der Waals surface area contributed by atoms with E-state index in [0.29, 0.717) is 16.9 Å². The molecule has 0 radical (unpaired) electrons. The van der Waals surface area contributed by atoms with Crippen LogP contribution in [-0.2, 0) is 22.5 Å². The molecule has 33 heavy (non-hydrogen) atoms. The molecule has 3 aromatic rings. The second-order valence-corrected chi connectivity index (χ2v) is 8.72. The molecule has 0 aliphatic carbocycles. The molecule has 3 aromatic carbocycles. The van der Waals surface area contributed by atoms with Crippen molar-refractivity contribution in [2.45, 2.75) is 32.0 Å². The average Bonchev–Trinajstić information content (AvgIpc) is 3.03. The van der Waals surface area contributed by atoms with Crippen molar-refractivity contribution < 1.29 is 28.6 Å². The lowest BCUT2D eigenvalue weighted by molar-refractivity contribution is -0.136. The fourth-order valence-electron chi connectivity index (χ4n) is 3.84. The quantitative estimate of drug-likeness (QED) is 0.413. The molecule has 2 atom stereocenters. The highest BCUT2D eigenvalue weighted by Crippen LogP contribution is 2.36. The van der Waals surface area contributed by atoms with Crippen molar-refractivity contribution in [3.05, 3.63) is 93.7 Å². The highest BCUT2D eigenvalue weighted by molar-refractivity contribution is 9.10. The number of halogens is 2. The van der Waals surface area contributed by atoms with E-state index in [1.807, 2.05) is 43.3 Å². The zero-order valence-electron chi connectivity index (χ0n) is 17.7. The second kappa shape index (κ2) is 9.62. The van der Waals surface area contributed by atoms with Gasteiger partial charge in [-0.05, 0) is 48.4 Å². The fraction of sp³-hybridized carbons (Fsp3) is 0.200. The number of aliphatic carboxylic acids is 1. The van der Waals surface area contributed by atoms with Crippen LogP contribution in [-0.4, -0.2) is 28.1 Å². The summed E-state index contributed by atoms with van der Waals surface area (Å²) >= 11 is 3.44. The van der Waals surface area contributed by atoms with E-state index >= 15 is 0 Å². The van der Waals surface area contributed by atoms with E-state index in [1.54, 1.807) is 17.0 Å². The largest absolute Gasteiger partial charge is 0.481 e. The van der Waals surface area contributed by atoms with Gasteiger partial charge < -0.3 is 14.6 Å². The van der Waals surface area contributed by atoms with E-state index in [1.165, 1.54) is 12.1 Å². The lowest BCUT2D eigenvalue weighted by atomic mass is 10.0. The number of benzene rings is 3. The van der Waals surface area contributed by atoms with Crippen LogP contribution in [0.3, 0.4) is 0 Å². The van der Waals surface area contributed by atoms with Gasteiger partial charge in [0.25, 0.3) is 0 Å². The third-order valence-electron chi connectivity index (χ3n) is 5.40. The van der Waals surface area contributed by atoms with Crippen LogP contribution < -0.4 is 4.74 Å². The summed E-state index contributed by atoms with van der Waals surface area (Å²) in [6.07, 6.45) is -1.15. The number of nitrogens with zero attached hydrogens (tertiary/aromatic N) is 1. The Hall–Kier alpha value is -3.39.